The van der Waals surface area contributed by atoms with Crippen molar-refractivity contribution in [1.82, 2.24) is 4.98 Å². The van der Waals surface area contributed by atoms with E-state index in [0.29, 0.717) is 0 Å². The van der Waals surface area contributed by atoms with Crippen molar-refractivity contribution < 1.29 is 4.74 Å². The molecule has 1 rings (SSSR count). The summed E-state index contributed by atoms with van der Waals surface area (Å²) in [6.45, 7) is 6.09. The Hall–Kier alpha value is -0.890. The fraction of sp³-hybridized carbons (Fsp3) is 0.545. The van der Waals surface area contributed by atoms with E-state index < -0.39 is 0 Å². The van der Waals surface area contributed by atoms with Crippen LogP contribution in [0.4, 0.5) is 0 Å². The maximum absolute atomic E-state index is 5.13. The van der Waals surface area contributed by atoms with Gasteiger partial charge < -0.3 is 4.74 Å². The van der Waals surface area contributed by atoms with Gasteiger partial charge in [-0.05, 0) is 25.0 Å². The average molecular weight is 181 g/mol. The molecule has 0 atom stereocenters. The zero-order chi connectivity index (χ0) is 9.78. The van der Waals surface area contributed by atoms with Crippen LogP contribution in [0.1, 0.15) is 26.7 Å². The lowest BCUT2D eigenvalue weighted by atomic mass is 10.5. The van der Waals surface area contributed by atoms with Gasteiger partial charge in [0.15, 0.2) is 0 Å². The number of aromatic nitrogens is 1. The molecule has 0 fully saturated rings. The Morgan fingerprint density at radius 2 is 1.46 bits per heavy atom. The normalized spacial score (nSPS) is 8.77. The topological polar surface area (TPSA) is 22.1 Å². The second-order valence-corrected chi connectivity index (χ2v) is 2.64. The highest BCUT2D eigenvalue weighted by Gasteiger charge is 1.77. The summed E-state index contributed by atoms with van der Waals surface area (Å²) >= 11 is 0. The van der Waals surface area contributed by atoms with E-state index in [1.165, 1.54) is 0 Å². The summed E-state index contributed by atoms with van der Waals surface area (Å²) in [5, 5.41) is 0. The molecule has 2 heteroatoms. The highest BCUT2D eigenvalue weighted by atomic mass is 16.5. The molecule has 1 heterocycles. The Morgan fingerprint density at radius 3 is 1.69 bits per heavy atom. The van der Waals surface area contributed by atoms with Crippen molar-refractivity contribution in [2.45, 2.75) is 26.7 Å². The van der Waals surface area contributed by atoms with E-state index in [4.69, 9.17) is 4.74 Å². The van der Waals surface area contributed by atoms with Crippen molar-refractivity contribution in [2.24, 2.45) is 0 Å². The van der Waals surface area contributed by atoms with Crippen LogP contribution < -0.4 is 0 Å². The van der Waals surface area contributed by atoms with Crippen LogP contribution in [0.3, 0.4) is 0 Å². The van der Waals surface area contributed by atoms with Gasteiger partial charge in [-0.25, -0.2) is 0 Å². The van der Waals surface area contributed by atoms with Crippen LogP contribution in [0.15, 0.2) is 30.6 Å². The predicted molar refractivity (Wildman–Crippen MR) is 55.6 cm³/mol. The minimum atomic E-state index is 0.924. The zero-order valence-corrected chi connectivity index (χ0v) is 8.57. The van der Waals surface area contributed by atoms with Gasteiger partial charge in [0.2, 0.25) is 0 Å². The molecule has 0 N–H and O–H groups in total. The van der Waals surface area contributed by atoms with E-state index in [-0.39, 0.29) is 0 Å². The van der Waals surface area contributed by atoms with Crippen LogP contribution in [0.2, 0.25) is 0 Å². The Morgan fingerprint density at radius 1 is 0.923 bits per heavy atom. The molecule has 0 aliphatic heterocycles. The third-order valence-corrected chi connectivity index (χ3v) is 1.26. The fourth-order valence-corrected chi connectivity index (χ4v) is 0.703. The summed E-state index contributed by atoms with van der Waals surface area (Å²) in [5.41, 5.74) is 0. The van der Waals surface area contributed by atoms with Crippen molar-refractivity contribution in [3.8, 4) is 0 Å². The monoisotopic (exact) mass is 181 g/mol. The standard InChI is InChI=1S/C6H14O.C5H5N/c1-3-5-7-6-4-2;1-2-4-6-5-3-1/h3-6H2,1-2H3;1-5H. The first kappa shape index (κ1) is 12.1. The van der Waals surface area contributed by atoms with Gasteiger partial charge in [0.05, 0.1) is 0 Å². The molecule has 0 spiro atoms. The Kier molecular flexibility index (Phi) is 10.3. The van der Waals surface area contributed by atoms with Crippen molar-refractivity contribution in [3.05, 3.63) is 30.6 Å². The van der Waals surface area contributed by atoms with Crippen LogP contribution in [0, 0.1) is 0 Å². The number of rotatable bonds is 4. The minimum Gasteiger partial charge on any atom is -0.381 e. The highest BCUT2D eigenvalue weighted by molar-refractivity contribution is 4.88. The molecule has 0 aliphatic rings. The molecule has 0 saturated carbocycles. The molecule has 74 valence electrons. The van der Waals surface area contributed by atoms with E-state index in [0.717, 1.165) is 26.1 Å². The van der Waals surface area contributed by atoms with Gasteiger partial charge in [0.1, 0.15) is 0 Å². The van der Waals surface area contributed by atoms with E-state index >= 15 is 0 Å². The Labute approximate surface area is 81.0 Å². The van der Waals surface area contributed by atoms with E-state index in [2.05, 4.69) is 18.8 Å². The van der Waals surface area contributed by atoms with Crippen molar-refractivity contribution in [3.63, 3.8) is 0 Å². The van der Waals surface area contributed by atoms with Crippen LogP contribution in [-0.4, -0.2) is 18.2 Å². The number of hydrogen-bond acceptors (Lipinski definition) is 2. The first-order valence-corrected chi connectivity index (χ1v) is 4.84. The molecule has 13 heavy (non-hydrogen) atoms. The summed E-state index contributed by atoms with van der Waals surface area (Å²) in [5.74, 6) is 0. The molecule has 0 saturated heterocycles. The molecule has 2 nitrogen and oxygen atoms in total. The third-order valence-electron chi connectivity index (χ3n) is 1.26. The fourth-order valence-electron chi connectivity index (χ4n) is 0.703. The van der Waals surface area contributed by atoms with Crippen molar-refractivity contribution in [2.75, 3.05) is 13.2 Å². The van der Waals surface area contributed by atoms with Gasteiger partial charge >= 0.3 is 0 Å². The number of ether oxygens (including phenoxy) is 1. The lowest BCUT2D eigenvalue weighted by Gasteiger charge is -1.95. The van der Waals surface area contributed by atoms with Gasteiger partial charge in [-0.15, -0.1) is 0 Å². The molecular formula is C11H19NO. The second kappa shape index (κ2) is 11.1. The van der Waals surface area contributed by atoms with Gasteiger partial charge in [-0.3, -0.25) is 4.98 Å². The minimum absolute atomic E-state index is 0.924. The zero-order valence-electron chi connectivity index (χ0n) is 8.57. The molecule has 0 bridgehead atoms. The Bertz CT molecular complexity index is 134. The quantitative estimate of drug-likeness (QED) is 0.666. The molecule has 0 amide bonds. The SMILES string of the molecule is CCCOCCC.c1ccncc1. The van der Waals surface area contributed by atoms with Gasteiger partial charge in [0.25, 0.3) is 0 Å². The van der Waals surface area contributed by atoms with E-state index in [9.17, 15) is 0 Å². The average Bonchev–Trinajstić information content (AvgIpc) is 2.22. The highest BCUT2D eigenvalue weighted by Crippen LogP contribution is 1.81. The van der Waals surface area contributed by atoms with E-state index in [1.54, 1.807) is 12.4 Å². The molecule has 1 aromatic rings. The van der Waals surface area contributed by atoms with Gasteiger partial charge in [0, 0.05) is 25.6 Å². The maximum atomic E-state index is 5.13. The lowest BCUT2D eigenvalue weighted by molar-refractivity contribution is 0.135. The maximum Gasteiger partial charge on any atom is 0.0463 e. The predicted octanol–water partition coefficient (Wildman–Crippen LogP) is 2.90. The number of hydrogen-bond donors (Lipinski definition) is 0. The molecule has 0 unspecified atom stereocenters. The van der Waals surface area contributed by atoms with Gasteiger partial charge in [-0.2, -0.15) is 0 Å². The first-order chi connectivity index (χ1) is 6.41. The van der Waals surface area contributed by atoms with Crippen LogP contribution in [0.25, 0.3) is 0 Å². The second-order valence-electron chi connectivity index (χ2n) is 2.64. The first-order valence-electron chi connectivity index (χ1n) is 4.84. The summed E-state index contributed by atoms with van der Waals surface area (Å²) < 4.78 is 5.13. The molecule has 1 aromatic heterocycles. The summed E-state index contributed by atoms with van der Waals surface area (Å²) in [6, 6.07) is 5.72. The van der Waals surface area contributed by atoms with Gasteiger partial charge in [-0.1, -0.05) is 19.9 Å². The lowest BCUT2D eigenvalue weighted by Crippen LogP contribution is -1.92. The molecule has 0 radical (unpaired) electrons. The summed E-state index contributed by atoms with van der Waals surface area (Å²) in [6.07, 6.45) is 5.78. The molecule has 0 aliphatic carbocycles. The largest absolute Gasteiger partial charge is 0.381 e. The number of pyridine rings is 1. The summed E-state index contributed by atoms with van der Waals surface area (Å²) in [4.78, 5) is 3.78. The molecular weight excluding hydrogens is 162 g/mol. The van der Waals surface area contributed by atoms with Crippen LogP contribution in [0.5, 0.6) is 0 Å². The third kappa shape index (κ3) is 11.1. The van der Waals surface area contributed by atoms with E-state index in [1.807, 2.05) is 18.2 Å². The number of nitrogens with zero attached hydrogens (tertiary/aromatic N) is 1. The smallest absolute Gasteiger partial charge is 0.0463 e. The molecule has 0 aromatic carbocycles. The van der Waals surface area contributed by atoms with Crippen molar-refractivity contribution in [1.29, 1.82) is 0 Å². The Balaban J connectivity index is 0.000000223. The van der Waals surface area contributed by atoms with Crippen LogP contribution in [-0.2, 0) is 4.74 Å². The van der Waals surface area contributed by atoms with Crippen molar-refractivity contribution >= 4 is 0 Å². The summed E-state index contributed by atoms with van der Waals surface area (Å²) in [7, 11) is 0. The van der Waals surface area contributed by atoms with Crippen LogP contribution >= 0.6 is 0 Å².